The third kappa shape index (κ3) is 2.25. The first-order valence-corrected chi connectivity index (χ1v) is 6.22. The Morgan fingerprint density at radius 2 is 2.18 bits per heavy atom. The minimum Gasteiger partial charge on any atom is -0.496 e. The summed E-state index contributed by atoms with van der Waals surface area (Å²) >= 11 is 6.07. The van der Waals surface area contributed by atoms with Gasteiger partial charge in [0.1, 0.15) is 5.75 Å². The van der Waals surface area contributed by atoms with Gasteiger partial charge >= 0.3 is 0 Å². The summed E-state index contributed by atoms with van der Waals surface area (Å²) in [5.41, 5.74) is 1.89. The van der Waals surface area contributed by atoms with E-state index >= 15 is 0 Å². The summed E-state index contributed by atoms with van der Waals surface area (Å²) in [6, 6.07) is 6.27. The lowest BCUT2D eigenvalue weighted by Gasteiger charge is -2.35. The lowest BCUT2D eigenvalue weighted by Crippen LogP contribution is -2.30. The van der Waals surface area contributed by atoms with Gasteiger partial charge in [-0.1, -0.05) is 18.0 Å². The summed E-state index contributed by atoms with van der Waals surface area (Å²) in [7, 11) is 1.67. The molecule has 0 bridgehead atoms. The second-order valence-electron chi connectivity index (χ2n) is 4.84. The van der Waals surface area contributed by atoms with E-state index in [2.05, 4.69) is 6.07 Å². The van der Waals surface area contributed by atoms with Gasteiger partial charge < -0.3 is 4.74 Å². The Bertz CT molecular complexity index is 472. The van der Waals surface area contributed by atoms with Crippen LogP contribution in [0.1, 0.15) is 30.4 Å². The second kappa shape index (κ2) is 4.58. The van der Waals surface area contributed by atoms with Gasteiger partial charge in [-0.3, -0.25) is 0 Å². The third-order valence-corrected chi connectivity index (χ3v) is 3.82. The number of hydrogen-bond donors (Lipinski definition) is 0. The van der Waals surface area contributed by atoms with E-state index in [-0.39, 0.29) is 5.41 Å². The third-order valence-electron chi connectivity index (χ3n) is 3.60. The molecule has 0 aromatic heterocycles. The van der Waals surface area contributed by atoms with Gasteiger partial charge in [0.05, 0.1) is 18.6 Å². The maximum absolute atomic E-state index is 9.28. The fourth-order valence-electron chi connectivity index (χ4n) is 2.52. The smallest absolute Gasteiger partial charge is 0.125 e. The lowest BCUT2D eigenvalue weighted by molar-refractivity contribution is 0.212. The Labute approximate surface area is 107 Å². The van der Waals surface area contributed by atoms with Gasteiger partial charge in [0.2, 0.25) is 0 Å². The SMILES string of the molecule is COc1c(C)cc(Cl)cc1CC1(C#N)CCC1. The van der Waals surface area contributed by atoms with Crippen molar-refractivity contribution in [3.8, 4) is 11.8 Å². The molecule has 0 radical (unpaired) electrons. The van der Waals surface area contributed by atoms with E-state index in [1.54, 1.807) is 7.11 Å². The predicted molar refractivity (Wildman–Crippen MR) is 68.3 cm³/mol. The van der Waals surface area contributed by atoms with Crippen LogP contribution in [0.3, 0.4) is 0 Å². The molecule has 1 saturated carbocycles. The fraction of sp³-hybridized carbons (Fsp3) is 0.500. The zero-order valence-corrected chi connectivity index (χ0v) is 11.0. The largest absolute Gasteiger partial charge is 0.496 e. The maximum Gasteiger partial charge on any atom is 0.125 e. The van der Waals surface area contributed by atoms with E-state index in [1.165, 1.54) is 0 Å². The molecule has 1 aromatic rings. The first kappa shape index (κ1) is 12.3. The van der Waals surface area contributed by atoms with Gasteiger partial charge in [0, 0.05) is 5.02 Å². The van der Waals surface area contributed by atoms with Crippen LogP contribution in [-0.4, -0.2) is 7.11 Å². The van der Waals surface area contributed by atoms with E-state index < -0.39 is 0 Å². The number of halogens is 1. The van der Waals surface area contributed by atoms with Crippen molar-refractivity contribution in [3.63, 3.8) is 0 Å². The van der Waals surface area contributed by atoms with Crippen LogP contribution in [0.25, 0.3) is 0 Å². The van der Waals surface area contributed by atoms with Crippen molar-refractivity contribution >= 4 is 11.6 Å². The number of hydrogen-bond acceptors (Lipinski definition) is 2. The molecule has 0 heterocycles. The first-order valence-electron chi connectivity index (χ1n) is 5.84. The molecule has 90 valence electrons. The highest BCUT2D eigenvalue weighted by molar-refractivity contribution is 6.30. The topological polar surface area (TPSA) is 33.0 Å². The Kier molecular flexibility index (Phi) is 3.31. The van der Waals surface area contributed by atoms with Crippen LogP contribution >= 0.6 is 11.6 Å². The molecule has 0 aliphatic heterocycles. The molecule has 0 amide bonds. The Morgan fingerprint density at radius 3 is 2.65 bits per heavy atom. The molecule has 1 aliphatic rings. The number of nitrogens with zero attached hydrogens (tertiary/aromatic N) is 1. The molecule has 0 saturated heterocycles. The highest BCUT2D eigenvalue weighted by Gasteiger charge is 2.38. The summed E-state index contributed by atoms with van der Waals surface area (Å²) in [4.78, 5) is 0. The molecule has 17 heavy (non-hydrogen) atoms. The molecule has 1 aliphatic carbocycles. The lowest BCUT2D eigenvalue weighted by atomic mass is 9.66. The van der Waals surface area contributed by atoms with Gasteiger partial charge in [-0.2, -0.15) is 5.26 Å². The van der Waals surface area contributed by atoms with E-state index in [9.17, 15) is 5.26 Å². The molecule has 0 unspecified atom stereocenters. The molecular weight excluding hydrogens is 234 g/mol. The van der Waals surface area contributed by atoms with Crippen molar-refractivity contribution < 1.29 is 4.74 Å². The number of rotatable bonds is 3. The van der Waals surface area contributed by atoms with Crippen LogP contribution in [0.5, 0.6) is 5.75 Å². The van der Waals surface area contributed by atoms with Gasteiger partial charge in [-0.25, -0.2) is 0 Å². The predicted octanol–water partition coefficient (Wildman–Crippen LogP) is 3.89. The van der Waals surface area contributed by atoms with Gasteiger partial charge in [0.15, 0.2) is 0 Å². The van der Waals surface area contributed by atoms with E-state index in [4.69, 9.17) is 16.3 Å². The van der Waals surface area contributed by atoms with Crippen LogP contribution < -0.4 is 4.74 Å². The van der Waals surface area contributed by atoms with Crippen molar-refractivity contribution in [1.29, 1.82) is 5.26 Å². The summed E-state index contributed by atoms with van der Waals surface area (Å²) in [5.74, 6) is 0.871. The Balaban J connectivity index is 2.35. The van der Waals surface area contributed by atoms with Crippen LogP contribution in [-0.2, 0) is 6.42 Å². The molecule has 2 rings (SSSR count). The number of nitriles is 1. The standard InChI is InChI=1S/C14H16ClNO/c1-10-6-12(15)7-11(13(10)17-2)8-14(9-16)4-3-5-14/h6-7H,3-5,8H2,1-2H3. The second-order valence-corrected chi connectivity index (χ2v) is 5.27. The Hall–Kier alpha value is -1.20. The molecule has 1 fully saturated rings. The van der Waals surface area contributed by atoms with Gasteiger partial charge in [-0.05, 0) is 49.4 Å². The Morgan fingerprint density at radius 1 is 1.47 bits per heavy atom. The first-order chi connectivity index (χ1) is 8.10. The summed E-state index contributed by atoms with van der Waals surface area (Å²) in [6.07, 6.45) is 3.86. The summed E-state index contributed by atoms with van der Waals surface area (Å²) in [5, 5.41) is 9.99. The molecule has 0 atom stereocenters. The van der Waals surface area contributed by atoms with Crippen LogP contribution in [0.15, 0.2) is 12.1 Å². The fourth-order valence-corrected chi connectivity index (χ4v) is 2.81. The normalized spacial score (nSPS) is 17.1. The van der Waals surface area contributed by atoms with Gasteiger partial charge in [-0.15, -0.1) is 0 Å². The quantitative estimate of drug-likeness (QED) is 0.814. The van der Waals surface area contributed by atoms with Crippen LogP contribution in [0.2, 0.25) is 5.02 Å². The van der Waals surface area contributed by atoms with E-state index in [0.29, 0.717) is 5.02 Å². The van der Waals surface area contributed by atoms with Crippen molar-refractivity contribution in [2.45, 2.75) is 32.6 Å². The minimum atomic E-state index is -0.190. The van der Waals surface area contributed by atoms with Crippen molar-refractivity contribution in [3.05, 3.63) is 28.3 Å². The number of aryl methyl sites for hydroxylation is 1. The van der Waals surface area contributed by atoms with Crippen molar-refractivity contribution in [2.75, 3.05) is 7.11 Å². The van der Waals surface area contributed by atoms with Crippen molar-refractivity contribution in [1.82, 2.24) is 0 Å². The van der Waals surface area contributed by atoms with E-state index in [0.717, 1.165) is 42.6 Å². The summed E-state index contributed by atoms with van der Waals surface area (Å²) < 4.78 is 5.42. The zero-order chi connectivity index (χ0) is 12.5. The minimum absolute atomic E-state index is 0.190. The number of ether oxygens (including phenoxy) is 1. The summed E-state index contributed by atoms with van der Waals surface area (Å²) in [6.45, 7) is 1.98. The molecule has 3 heteroatoms. The van der Waals surface area contributed by atoms with E-state index in [1.807, 2.05) is 19.1 Å². The number of methoxy groups -OCH3 is 1. The monoisotopic (exact) mass is 249 g/mol. The van der Waals surface area contributed by atoms with Gasteiger partial charge in [0.25, 0.3) is 0 Å². The molecule has 0 spiro atoms. The molecule has 1 aromatic carbocycles. The highest BCUT2D eigenvalue weighted by atomic mass is 35.5. The molecule has 2 nitrogen and oxygen atoms in total. The molecule has 0 N–H and O–H groups in total. The van der Waals surface area contributed by atoms with Crippen LogP contribution in [0.4, 0.5) is 0 Å². The van der Waals surface area contributed by atoms with Crippen molar-refractivity contribution in [2.24, 2.45) is 5.41 Å². The molecular formula is C14H16ClNO. The average molecular weight is 250 g/mol. The maximum atomic E-state index is 9.28. The van der Waals surface area contributed by atoms with Crippen LogP contribution in [0, 0.1) is 23.7 Å². The number of benzene rings is 1. The zero-order valence-electron chi connectivity index (χ0n) is 10.2. The average Bonchev–Trinajstić information content (AvgIpc) is 2.23. The highest BCUT2D eigenvalue weighted by Crippen LogP contribution is 2.45.